The van der Waals surface area contributed by atoms with Gasteiger partial charge in [-0.2, -0.15) is 0 Å². The largest absolute Gasteiger partial charge is 0.345 e. The Hall–Kier alpha value is -1.10. The summed E-state index contributed by atoms with van der Waals surface area (Å²) >= 11 is 13.0. The van der Waals surface area contributed by atoms with Crippen LogP contribution in [0.5, 0.6) is 0 Å². The average Bonchev–Trinajstić information content (AvgIpc) is 2.79. The van der Waals surface area contributed by atoms with Gasteiger partial charge in [-0.15, -0.1) is 11.3 Å². The first-order valence-corrected chi connectivity index (χ1v) is 7.06. The molecule has 1 aromatic heterocycles. The molecule has 0 aliphatic heterocycles. The van der Waals surface area contributed by atoms with Crippen molar-refractivity contribution in [3.8, 4) is 0 Å². The van der Waals surface area contributed by atoms with Crippen molar-refractivity contribution in [2.24, 2.45) is 0 Å². The molecule has 0 fully saturated rings. The zero-order valence-electron chi connectivity index (χ0n) is 9.91. The summed E-state index contributed by atoms with van der Waals surface area (Å²) in [5.74, 6) is -1.10. The molecule has 0 spiro atoms. The van der Waals surface area contributed by atoms with Crippen LogP contribution in [0.2, 0.25) is 9.36 Å². The van der Waals surface area contributed by atoms with Gasteiger partial charge in [0, 0.05) is 9.90 Å². The SMILES string of the molecule is C[C@@H](NC(=O)c1cc(Cl)ccc1F)c1ccc(Cl)s1. The minimum Gasteiger partial charge on any atom is -0.345 e. The molecule has 0 saturated heterocycles. The fourth-order valence-electron chi connectivity index (χ4n) is 1.58. The highest BCUT2D eigenvalue weighted by Gasteiger charge is 2.16. The lowest BCUT2D eigenvalue weighted by atomic mass is 10.2. The van der Waals surface area contributed by atoms with Crippen LogP contribution in [-0.4, -0.2) is 5.91 Å². The predicted molar refractivity (Wildman–Crippen MR) is 76.6 cm³/mol. The Labute approximate surface area is 124 Å². The van der Waals surface area contributed by atoms with E-state index in [1.165, 1.54) is 29.5 Å². The van der Waals surface area contributed by atoms with Gasteiger partial charge in [0.2, 0.25) is 0 Å². The maximum atomic E-state index is 13.5. The summed E-state index contributed by atoms with van der Waals surface area (Å²) in [7, 11) is 0. The lowest BCUT2D eigenvalue weighted by Gasteiger charge is -2.12. The number of hydrogen-bond donors (Lipinski definition) is 1. The number of rotatable bonds is 3. The molecule has 1 N–H and O–H groups in total. The molecule has 0 saturated carbocycles. The maximum Gasteiger partial charge on any atom is 0.254 e. The van der Waals surface area contributed by atoms with Crippen LogP contribution >= 0.6 is 34.5 Å². The molecule has 0 unspecified atom stereocenters. The zero-order valence-corrected chi connectivity index (χ0v) is 12.2. The molecule has 0 bridgehead atoms. The average molecular weight is 318 g/mol. The Morgan fingerprint density at radius 2 is 2.05 bits per heavy atom. The molecule has 6 heteroatoms. The van der Waals surface area contributed by atoms with Crippen LogP contribution in [0, 0.1) is 5.82 Å². The Morgan fingerprint density at radius 3 is 2.68 bits per heavy atom. The van der Waals surface area contributed by atoms with Gasteiger partial charge in [-0.25, -0.2) is 4.39 Å². The molecular weight excluding hydrogens is 308 g/mol. The Kier molecular flexibility index (Phi) is 4.45. The van der Waals surface area contributed by atoms with Crippen molar-refractivity contribution in [3.05, 3.63) is 55.9 Å². The first-order valence-electron chi connectivity index (χ1n) is 5.48. The molecule has 2 nitrogen and oxygen atoms in total. The second kappa shape index (κ2) is 5.90. The summed E-state index contributed by atoms with van der Waals surface area (Å²) in [6, 6.07) is 7.21. The molecule has 1 aromatic carbocycles. The molecule has 0 radical (unpaired) electrons. The minimum atomic E-state index is -0.599. The van der Waals surface area contributed by atoms with E-state index in [1.54, 1.807) is 6.07 Å². The van der Waals surface area contributed by atoms with E-state index >= 15 is 0 Å². The molecule has 2 aromatic rings. The number of halogens is 3. The second-order valence-electron chi connectivity index (χ2n) is 3.96. The fourth-order valence-corrected chi connectivity index (χ4v) is 2.81. The number of carbonyl (C=O) groups is 1. The summed E-state index contributed by atoms with van der Waals surface area (Å²) < 4.78 is 14.2. The molecule has 0 aliphatic carbocycles. The lowest BCUT2D eigenvalue weighted by molar-refractivity contribution is 0.0936. The topological polar surface area (TPSA) is 29.1 Å². The van der Waals surface area contributed by atoms with Gasteiger partial charge in [0.1, 0.15) is 5.82 Å². The third-order valence-electron chi connectivity index (χ3n) is 2.54. The molecule has 2 rings (SSSR count). The van der Waals surface area contributed by atoms with Crippen molar-refractivity contribution < 1.29 is 9.18 Å². The van der Waals surface area contributed by atoms with E-state index in [0.29, 0.717) is 9.36 Å². The normalized spacial score (nSPS) is 12.2. The highest BCUT2D eigenvalue weighted by atomic mass is 35.5. The van der Waals surface area contributed by atoms with Crippen LogP contribution in [0.1, 0.15) is 28.2 Å². The molecule has 19 heavy (non-hydrogen) atoms. The molecule has 1 amide bonds. The summed E-state index contributed by atoms with van der Waals surface area (Å²) in [6.45, 7) is 1.81. The van der Waals surface area contributed by atoms with Gasteiger partial charge in [-0.1, -0.05) is 23.2 Å². The third-order valence-corrected chi connectivity index (χ3v) is 4.19. The Morgan fingerprint density at radius 1 is 1.32 bits per heavy atom. The van der Waals surface area contributed by atoms with Gasteiger partial charge >= 0.3 is 0 Å². The molecule has 1 atom stereocenters. The van der Waals surface area contributed by atoms with Crippen LogP contribution < -0.4 is 5.32 Å². The van der Waals surface area contributed by atoms with Gasteiger partial charge < -0.3 is 5.32 Å². The van der Waals surface area contributed by atoms with Crippen LogP contribution in [0.3, 0.4) is 0 Å². The van der Waals surface area contributed by atoms with Crippen molar-refractivity contribution in [1.82, 2.24) is 5.32 Å². The van der Waals surface area contributed by atoms with Gasteiger partial charge in [0.05, 0.1) is 15.9 Å². The van der Waals surface area contributed by atoms with Gasteiger partial charge in [0.15, 0.2) is 0 Å². The van der Waals surface area contributed by atoms with Crippen molar-refractivity contribution in [1.29, 1.82) is 0 Å². The summed E-state index contributed by atoms with van der Waals surface area (Å²) in [5.41, 5.74) is -0.0676. The van der Waals surface area contributed by atoms with Crippen molar-refractivity contribution in [3.63, 3.8) is 0 Å². The van der Waals surface area contributed by atoms with E-state index in [-0.39, 0.29) is 11.6 Å². The second-order valence-corrected chi connectivity index (χ2v) is 6.14. The predicted octanol–water partition coefficient (Wildman–Crippen LogP) is 4.69. The lowest BCUT2D eigenvalue weighted by Crippen LogP contribution is -2.26. The van der Waals surface area contributed by atoms with Crippen molar-refractivity contribution >= 4 is 40.4 Å². The number of carbonyl (C=O) groups excluding carboxylic acids is 1. The minimum absolute atomic E-state index is 0.0676. The first kappa shape index (κ1) is 14.3. The standard InChI is InChI=1S/C13H10Cl2FNOS/c1-7(11-4-5-12(15)19-11)17-13(18)9-6-8(14)2-3-10(9)16/h2-7H,1H3,(H,17,18)/t7-/m1/s1. The number of benzene rings is 1. The van der Waals surface area contributed by atoms with Crippen molar-refractivity contribution in [2.45, 2.75) is 13.0 Å². The highest BCUT2D eigenvalue weighted by molar-refractivity contribution is 7.16. The smallest absolute Gasteiger partial charge is 0.254 e. The third kappa shape index (κ3) is 3.47. The van der Waals surface area contributed by atoms with E-state index in [4.69, 9.17) is 23.2 Å². The van der Waals surface area contributed by atoms with E-state index in [0.717, 1.165) is 4.88 Å². The van der Waals surface area contributed by atoms with Gasteiger partial charge in [-0.3, -0.25) is 4.79 Å². The number of thiophene rings is 1. The van der Waals surface area contributed by atoms with Gasteiger partial charge in [-0.05, 0) is 37.3 Å². The Balaban J connectivity index is 2.15. The first-order chi connectivity index (χ1) is 8.97. The van der Waals surface area contributed by atoms with Crippen LogP contribution in [0.15, 0.2) is 30.3 Å². The quantitative estimate of drug-likeness (QED) is 0.874. The van der Waals surface area contributed by atoms with Crippen LogP contribution in [0.25, 0.3) is 0 Å². The highest BCUT2D eigenvalue weighted by Crippen LogP contribution is 2.27. The van der Waals surface area contributed by atoms with E-state index < -0.39 is 11.7 Å². The Bertz CT molecular complexity index is 614. The molecule has 100 valence electrons. The summed E-state index contributed by atoms with van der Waals surface area (Å²) in [4.78, 5) is 12.9. The van der Waals surface area contributed by atoms with E-state index in [2.05, 4.69) is 5.32 Å². The van der Waals surface area contributed by atoms with Crippen LogP contribution in [0.4, 0.5) is 4.39 Å². The summed E-state index contributed by atoms with van der Waals surface area (Å²) in [6.07, 6.45) is 0. The van der Waals surface area contributed by atoms with E-state index in [9.17, 15) is 9.18 Å². The maximum absolute atomic E-state index is 13.5. The monoisotopic (exact) mass is 317 g/mol. The molecular formula is C13H10Cl2FNOS. The number of nitrogens with one attached hydrogen (secondary N) is 1. The zero-order chi connectivity index (χ0) is 14.0. The fraction of sp³-hybridized carbons (Fsp3) is 0.154. The number of hydrogen-bond acceptors (Lipinski definition) is 2. The number of amides is 1. The van der Waals surface area contributed by atoms with Gasteiger partial charge in [0.25, 0.3) is 5.91 Å². The van der Waals surface area contributed by atoms with Crippen LogP contribution in [-0.2, 0) is 0 Å². The van der Waals surface area contributed by atoms with Crippen molar-refractivity contribution in [2.75, 3.05) is 0 Å². The summed E-state index contributed by atoms with van der Waals surface area (Å²) in [5, 5.41) is 3.03. The molecule has 0 aliphatic rings. The van der Waals surface area contributed by atoms with E-state index in [1.807, 2.05) is 13.0 Å². The molecule has 1 heterocycles.